The molecular formula is C42H69NiP3+2. The predicted molar refractivity (Wildman–Crippen MR) is 220 cm³/mol. The van der Waals surface area contributed by atoms with Crippen molar-refractivity contribution in [2.24, 2.45) is 0 Å². The van der Waals surface area contributed by atoms with E-state index in [4.69, 9.17) is 0 Å². The molecule has 0 spiro atoms. The minimum atomic E-state index is -0.364. The summed E-state index contributed by atoms with van der Waals surface area (Å²) < 4.78 is 0. The van der Waals surface area contributed by atoms with E-state index in [1.807, 2.05) is 0 Å². The van der Waals surface area contributed by atoms with Gasteiger partial charge >= 0.3 is 0 Å². The zero-order valence-electron chi connectivity index (χ0n) is 32.8. The van der Waals surface area contributed by atoms with Crippen LogP contribution in [0.1, 0.15) is 116 Å². The van der Waals surface area contributed by atoms with E-state index in [-0.39, 0.29) is 32.3 Å². The molecule has 1 unspecified atom stereocenters. The summed E-state index contributed by atoms with van der Waals surface area (Å²) in [6.45, 7) is 42.8. The SMILES string of the molecule is CC(C)(C)[PH+](CC[PH+](C(C)(C)C)C(C)(C)C)C(C)(C)C.Cc1cc(C)c(-c2cccc(-c3c(C)cc(C)cc3C)c2P)c(C)c1.[Ni]. The van der Waals surface area contributed by atoms with Crippen LogP contribution in [0.25, 0.3) is 22.3 Å². The molecule has 0 nitrogen and oxygen atoms in total. The maximum atomic E-state index is 3.00. The third-order valence-corrected chi connectivity index (χ3v) is 19.1. The first-order chi connectivity index (χ1) is 20.3. The van der Waals surface area contributed by atoms with Crippen LogP contribution in [-0.4, -0.2) is 32.9 Å². The van der Waals surface area contributed by atoms with Crippen molar-refractivity contribution < 1.29 is 16.5 Å². The third-order valence-electron chi connectivity index (χ3n) is 9.25. The molecule has 0 radical (unpaired) electrons. The number of benzene rings is 3. The van der Waals surface area contributed by atoms with E-state index in [2.05, 4.69) is 176 Å². The molecule has 1 atom stereocenters. The Morgan fingerprint density at radius 2 is 0.717 bits per heavy atom. The second-order valence-electron chi connectivity index (χ2n) is 17.8. The molecular weight excluding hydrogens is 656 g/mol. The van der Waals surface area contributed by atoms with Gasteiger partial charge in [0.2, 0.25) is 0 Å². The summed E-state index contributed by atoms with van der Waals surface area (Å²) >= 11 is 0. The van der Waals surface area contributed by atoms with Crippen LogP contribution in [0.15, 0.2) is 42.5 Å². The van der Waals surface area contributed by atoms with Gasteiger partial charge in [0, 0.05) is 32.3 Å². The molecule has 260 valence electrons. The molecule has 0 aliphatic heterocycles. The van der Waals surface area contributed by atoms with Crippen LogP contribution < -0.4 is 5.30 Å². The first-order valence-electron chi connectivity index (χ1n) is 17.0. The smallest absolute Gasteiger partial charge is 0.0915 e. The molecule has 3 aromatic carbocycles. The number of aryl methyl sites for hydroxylation is 6. The zero-order valence-corrected chi connectivity index (χ0v) is 37.0. The van der Waals surface area contributed by atoms with Gasteiger partial charge in [-0.1, -0.05) is 53.6 Å². The molecule has 3 aromatic rings. The molecule has 0 fully saturated rings. The summed E-state index contributed by atoms with van der Waals surface area (Å²) in [4.78, 5) is 0. The average molecular weight is 726 g/mol. The maximum Gasteiger partial charge on any atom is 0.0915 e. The van der Waals surface area contributed by atoms with Gasteiger partial charge in [0.05, 0.1) is 32.9 Å². The van der Waals surface area contributed by atoms with E-state index in [1.165, 1.54) is 73.3 Å². The van der Waals surface area contributed by atoms with Crippen molar-refractivity contribution in [3.8, 4) is 22.3 Å². The van der Waals surface area contributed by atoms with Gasteiger partial charge in [-0.15, -0.1) is 9.24 Å². The Hall–Kier alpha value is -0.556. The molecule has 0 amide bonds. The van der Waals surface area contributed by atoms with Crippen LogP contribution in [0.4, 0.5) is 0 Å². The molecule has 0 saturated heterocycles. The van der Waals surface area contributed by atoms with Gasteiger partial charge in [0.15, 0.2) is 0 Å². The van der Waals surface area contributed by atoms with Crippen LogP contribution in [-0.2, 0) is 16.5 Å². The average Bonchev–Trinajstić information content (AvgIpc) is 2.79. The third kappa shape index (κ3) is 11.5. The summed E-state index contributed by atoms with van der Waals surface area (Å²) in [6, 6.07) is 15.8. The quantitative estimate of drug-likeness (QED) is 0.181. The Labute approximate surface area is 301 Å². The molecule has 0 heterocycles. The van der Waals surface area contributed by atoms with E-state index < -0.39 is 0 Å². The van der Waals surface area contributed by atoms with Gasteiger partial charge < -0.3 is 0 Å². The van der Waals surface area contributed by atoms with Crippen molar-refractivity contribution in [3.05, 3.63) is 75.8 Å². The molecule has 0 N–H and O–H groups in total. The summed E-state index contributed by atoms with van der Waals surface area (Å²) in [5.74, 6) is 0. The number of rotatable bonds is 5. The predicted octanol–water partition coefficient (Wildman–Crippen LogP) is 13.0. The molecule has 3 rings (SSSR count). The molecule has 0 aromatic heterocycles. The van der Waals surface area contributed by atoms with Crippen LogP contribution in [0.2, 0.25) is 0 Å². The number of hydrogen-bond donors (Lipinski definition) is 0. The Balaban J connectivity index is 0.000000464. The van der Waals surface area contributed by atoms with Gasteiger partial charge in [-0.05, 0) is 174 Å². The fraction of sp³-hybridized carbons (Fsp3) is 0.571. The number of hydrogen-bond acceptors (Lipinski definition) is 0. The van der Waals surface area contributed by atoms with Crippen LogP contribution >= 0.6 is 25.1 Å². The zero-order chi connectivity index (χ0) is 34.9. The van der Waals surface area contributed by atoms with E-state index in [1.54, 1.807) is 0 Å². The van der Waals surface area contributed by atoms with Gasteiger partial charge in [0.25, 0.3) is 0 Å². The monoisotopic (exact) mass is 724 g/mol. The first kappa shape index (κ1) is 43.5. The van der Waals surface area contributed by atoms with Gasteiger partial charge in [-0.3, -0.25) is 0 Å². The molecule has 0 bridgehead atoms. The topological polar surface area (TPSA) is 0 Å². The van der Waals surface area contributed by atoms with E-state index >= 15 is 0 Å². The summed E-state index contributed by atoms with van der Waals surface area (Å²) in [7, 11) is 2.28. The largest absolute Gasteiger partial charge is 0.104 e. The molecule has 0 aliphatic rings. The van der Waals surface area contributed by atoms with Crippen LogP contribution in [0, 0.1) is 41.5 Å². The second-order valence-corrected chi connectivity index (χ2v) is 27.3. The molecule has 0 aliphatic carbocycles. The van der Waals surface area contributed by atoms with Crippen LogP contribution in [0.5, 0.6) is 0 Å². The minimum Gasteiger partial charge on any atom is -0.104 e. The summed E-state index contributed by atoms with van der Waals surface area (Å²) in [5.41, 5.74) is 13.4. The Morgan fingerprint density at radius 3 is 0.935 bits per heavy atom. The van der Waals surface area contributed by atoms with Crippen molar-refractivity contribution in [1.29, 1.82) is 0 Å². The van der Waals surface area contributed by atoms with Crippen molar-refractivity contribution in [2.75, 3.05) is 12.3 Å². The summed E-state index contributed by atoms with van der Waals surface area (Å²) in [6.07, 6.45) is 2.97. The van der Waals surface area contributed by atoms with Crippen molar-refractivity contribution in [3.63, 3.8) is 0 Å². The van der Waals surface area contributed by atoms with E-state index in [9.17, 15) is 0 Å². The normalized spacial score (nSPS) is 12.6. The molecule has 0 saturated carbocycles. The fourth-order valence-electron chi connectivity index (χ4n) is 8.21. The maximum absolute atomic E-state index is 3.00. The Bertz CT molecular complexity index is 1270. The van der Waals surface area contributed by atoms with E-state index in [0.29, 0.717) is 20.6 Å². The standard InChI is InChI=1S/C24H27P.C18H40P2.Ni/c1-14-10-16(3)22(17(4)11-14)20-8-7-9-21(24(20)25)23-18(5)12-15(2)13-19(23)6;1-15(2,3)19(16(4,5)6)13-14-20(17(7,8)9)18(10,11)12;/h7-13H,25H2,1-6H3;13-14H2,1-12H3;/p+2. The van der Waals surface area contributed by atoms with Gasteiger partial charge in [-0.25, -0.2) is 0 Å². The van der Waals surface area contributed by atoms with Crippen molar-refractivity contribution >= 4 is 30.4 Å². The van der Waals surface area contributed by atoms with Crippen LogP contribution in [0.3, 0.4) is 0 Å². The van der Waals surface area contributed by atoms with Gasteiger partial charge in [0.1, 0.15) is 0 Å². The van der Waals surface area contributed by atoms with Crippen molar-refractivity contribution in [2.45, 2.75) is 145 Å². The van der Waals surface area contributed by atoms with Crippen molar-refractivity contribution in [1.82, 2.24) is 0 Å². The van der Waals surface area contributed by atoms with E-state index in [0.717, 1.165) is 0 Å². The molecule has 4 heteroatoms. The summed E-state index contributed by atoms with van der Waals surface area (Å²) in [5, 5.41) is 3.31. The Kier molecular flexibility index (Phi) is 15.5. The first-order valence-corrected chi connectivity index (χ1v) is 21.0. The van der Waals surface area contributed by atoms with Gasteiger partial charge in [-0.2, -0.15) is 0 Å². The second kappa shape index (κ2) is 16.4. The molecule has 46 heavy (non-hydrogen) atoms. The fourth-order valence-corrected chi connectivity index (χ4v) is 18.2. The Morgan fingerprint density at radius 1 is 0.478 bits per heavy atom. The minimum absolute atomic E-state index is 0.